The van der Waals surface area contributed by atoms with Crippen molar-refractivity contribution < 1.29 is 9.66 Å². The van der Waals surface area contributed by atoms with Crippen molar-refractivity contribution in [2.45, 2.75) is 12.8 Å². The highest BCUT2D eigenvalue weighted by atomic mass is 16.6. The third-order valence-corrected chi connectivity index (χ3v) is 3.16. The van der Waals surface area contributed by atoms with E-state index in [2.05, 4.69) is 35.7 Å². The Hall–Kier alpha value is -2.28. The number of benzene rings is 1. The summed E-state index contributed by atoms with van der Waals surface area (Å²) >= 11 is 0. The Kier molecular flexibility index (Phi) is 8.52. The molecule has 0 heterocycles. The molecule has 0 unspecified atom stereocenters. The van der Waals surface area contributed by atoms with E-state index in [1.54, 1.807) is 7.05 Å². The molecule has 7 nitrogen and oxygen atoms in total. The molecule has 7 heteroatoms. The predicted octanol–water partition coefficient (Wildman–Crippen LogP) is 1.44. The molecule has 0 aromatic heterocycles. The Bertz CT molecular complexity index is 518. The van der Waals surface area contributed by atoms with E-state index in [1.807, 2.05) is 18.2 Å². The quantitative estimate of drug-likeness (QED) is 0.365. The predicted molar refractivity (Wildman–Crippen MR) is 91.0 cm³/mol. The van der Waals surface area contributed by atoms with Gasteiger partial charge in [0.05, 0.1) is 11.5 Å². The lowest BCUT2D eigenvalue weighted by Gasteiger charge is -2.11. The molecular formula is C16H26N4O3. The monoisotopic (exact) mass is 322 g/mol. The van der Waals surface area contributed by atoms with Crippen LogP contribution in [0, 0.1) is 10.1 Å². The number of aryl methyl sites for hydroxylation is 1. The standard InChI is InChI=1S/C16H26N4O3/c1-17-16(13-20(21)22)18-9-11-23-15-8-4-6-14(12-15)7-5-10-19(2)3/h4,6,8,12-13,17-18H,5,7,9-11H2,1-3H3. The molecule has 0 atom stereocenters. The van der Waals surface area contributed by atoms with E-state index in [9.17, 15) is 10.1 Å². The van der Waals surface area contributed by atoms with Gasteiger partial charge in [-0.05, 0) is 51.2 Å². The molecule has 0 aliphatic carbocycles. The number of nitro groups is 1. The zero-order chi connectivity index (χ0) is 17.1. The van der Waals surface area contributed by atoms with Crippen molar-refractivity contribution in [3.63, 3.8) is 0 Å². The van der Waals surface area contributed by atoms with Gasteiger partial charge in [-0.25, -0.2) is 0 Å². The number of nitrogens with zero attached hydrogens (tertiary/aromatic N) is 2. The van der Waals surface area contributed by atoms with Crippen molar-refractivity contribution in [1.29, 1.82) is 0 Å². The zero-order valence-corrected chi connectivity index (χ0v) is 14.0. The van der Waals surface area contributed by atoms with Crippen LogP contribution in [0.2, 0.25) is 0 Å². The lowest BCUT2D eigenvalue weighted by atomic mass is 10.1. The SMILES string of the molecule is CNC(=C[N+](=O)[O-])NCCOc1cccc(CCCN(C)C)c1. The van der Waals surface area contributed by atoms with Gasteiger partial charge in [-0.2, -0.15) is 0 Å². The van der Waals surface area contributed by atoms with Crippen molar-refractivity contribution in [2.24, 2.45) is 0 Å². The highest BCUT2D eigenvalue weighted by Gasteiger charge is 2.01. The Labute approximate surface area is 137 Å². The molecule has 0 spiro atoms. The van der Waals surface area contributed by atoms with Crippen LogP contribution in [-0.4, -0.2) is 50.7 Å². The summed E-state index contributed by atoms with van der Waals surface area (Å²) in [6.45, 7) is 1.97. The average Bonchev–Trinajstić information content (AvgIpc) is 2.50. The van der Waals surface area contributed by atoms with E-state index >= 15 is 0 Å². The number of hydrogen-bond acceptors (Lipinski definition) is 6. The molecule has 0 bridgehead atoms. The maximum Gasteiger partial charge on any atom is 0.274 e. The Morgan fingerprint density at radius 2 is 2.22 bits per heavy atom. The largest absolute Gasteiger partial charge is 0.492 e. The van der Waals surface area contributed by atoms with Gasteiger partial charge in [0.2, 0.25) is 0 Å². The molecule has 0 saturated heterocycles. The van der Waals surface area contributed by atoms with Crippen molar-refractivity contribution in [1.82, 2.24) is 15.5 Å². The molecule has 0 saturated carbocycles. The number of nitrogens with one attached hydrogen (secondary N) is 2. The molecule has 23 heavy (non-hydrogen) atoms. The van der Waals surface area contributed by atoms with Gasteiger partial charge >= 0.3 is 0 Å². The van der Waals surface area contributed by atoms with Crippen molar-refractivity contribution in [3.05, 3.63) is 52.0 Å². The van der Waals surface area contributed by atoms with Crippen molar-refractivity contribution in [3.8, 4) is 5.75 Å². The van der Waals surface area contributed by atoms with Crippen molar-refractivity contribution >= 4 is 0 Å². The summed E-state index contributed by atoms with van der Waals surface area (Å²) in [5, 5.41) is 16.0. The topological polar surface area (TPSA) is 79.7 Å². The molecule has 2 N–H and O–H groups in total. The van der Waals surface area contributed by atoms with Crippen LogP contribution in [0.25, 0.3) is 0 Å². The van der Waals surface area contributed by atoms with Crippen LogP contribution in [0.5, 0.6) is 5.75 Å². The maximum absolute atomic E-state index is 10.4. The summed E-state index contributed by atoms with van der Waals surface area (Å²) in [4.78, 5) is 12.1. The van der Waals surface area contributed by atoms with E-state index in [1.165, 1.54) is 5.56 Å². The van der Waals surface area contributed by atoms with Crippen LogP contribution in [0.15, 0.2) is 36.3 Å². The van der Waals surface area contributed by atoms with E-state index in [-0.39, 0.29) is 0 Å². The number of ether oxygens (including phenoxy) is 1. The lowest BCUT2D eigenvalue weighted by Crippen LogP contribution is -2.28. The van der Waals surface area contributed by atoms with Crippen LogP contribution in [0.4, 0.5) is 0 Å². The number of hydrogen-bond donors (Lipinski definition) is 2. The normalized spacial score (nSPS) is 11.4. The second-order valence-electron chi connectivity index (χ2n) is 5.41. The fraction of sp³-hybridized carbons (Fsp3) is 0.500. The van der Waals surface area contributed by atoms with E-state index in [0.717, 1.165) is 31.3 Å². The van der Waals surface area contributed by atoms with E-state index in [0.29, 0.717) is 19.0 Å². The third kappa shape index (κ3) is 8.67. The van der Waals surface area contributed by atoms with Crippen LogP contribution in [0.3, 0.4) is 0 Å². The van der Waals surface area contributed by atoms with Crippen LogP contribution >= 0.6 is 0 Å². The lowest BCUT2D eigenvalue weighted by molar-refractivity contribution is -0.404. The first-order chi connectivity index (χ1) is 11.0. The van der Waals surface area contributed by atoms with Gasteiger partial charge in [0.15, 0.2) is 5.82 Å². The Morgan fingerprint density at radius 1 is 1.43 bits per heavy atom. The maximum atomic E-state index is 10.4. The molecule has 1 aromatic rings. The number of rotatable bonds is 11. The molecule has 1 rings (SSSR count). The fourth-order valence-electron chi connectivity index (χ4n) is 2.05. The molecule has 0 fully saturated rings. The molecule has 128 valence electrons. The smallest absolute Gasteiger partial charge is 0.274 e. The summed E-state index contributed by atoms with van der Waals surface area (Å²) in [5.41, 5.74) is 1.25. The van der Waals surface area contributed by atoms with Gasteiger partial charge in [0, 0.05) is 7.05 Å². The summed E-state index contributed by atoms with van der Waals surface area (Å²) < 4.78 is 5.68. The van der Waals surface area contributed by atoms with Crippen LogP contribution in [0.1, 0.15) is 12.0 Å². The summed E-state index contributed by atoms with van der Waals surface area (Å²) in [6.07, 6.45) is 3.02. The first-order valence-electron chi connectivity index (χ1n) is 7.64. The van der Waals surface area contributed by atoms with E-state index in [4.69, 9.17) is 4.74 Å². The van der Waals surface area contributed by atoms with Gasteiger partial charge in [0.25, 0.3) is 6.20 Å². The van der Waals surface area contributed by atoms with Gasteiger partial charge in [-0.1, -0.05) is 12.1 Å². The molecule has 0 aliphatic rings. The highest BCUT2D eigenvalue weighted by molar-refractivity contribution is 5.28. The molecule has 1 aromatic carbocycles. The minimum absolute atomic E-state index is 0.357. The van der Waals surface area contributed by atoms with Gasteiger partial charge in [-0.15, -0.1) is 0 Å². The second kappa shape index (κ2) is 10.4. The minimum Gasteiger partial charge on any atom is -0.492 e. The third-order valence-electron chi connectivity index (χ3n) is 3.16. The van der Waals surface area contributed by atoms with Gasteiger partial charge in [0.1, 0.15) is 12.4 Å². The zero-order valence-electron chi connectivity index (χ0n) is 14.0. The Balaban J connectivity index is 2.36. The first kappa shape index (κ1) is 18.8. The molecule has 0 radical (unpaired) electrons. The molecular weight excluding hydrogens is 296 g/mol. The van der Waals surface area contributed by atoms with Gasteiger partial charge < -0.3 is 20.3 Å². The molecule has 0 amide bonds. The minimum atomic E-state index is -0.503. The summed E-state index contributed by atoms with van der Waals surface area (Å²) in [5.74, 6) is 1.18. The average molecular weight is 322 g/mol. The fourth-order valence-corrected chi connectivity index (χ4v) is 2.05. The van der Waals surface area contributed by atoms with Gasteiger partial charge in [-0.3, -0.25) is 10.1 Å². The van der Waals surface area contributed by atoms with Crippen LogP contribution in [-0.2, 0) is 6.42 Å². The summed E-state index contributed by atoms with van der Waals surface area (Å²) in [6, 6.07) is 8.04. The first-order valence-corrected chi connectivity index (χ1v) is 7.64. The Morgan fingerprint density at radius 3 is 2.87 bits per heavy atom. The van der Waals surface area contributed by atoms with Crippen molar-refractivity contribution in [2.75, 3.05) is 40.8 Å². The summed E-state index contributed by atoms with van der Waals surface area (Å²) in [7, 11) is 5.76. The highest BCUT2D eigenvalue weighted by Crippen LogP contribution is 2.14. The second-order valence-corrected chi connectivity index (χ2v) is 5.41. The van der Waals surface area contributed by atoms with E-state index < -0.39 is 4.92 Å². The van der Waals surface area contributed by atoms with Crippen LogP contribution < -0.4 is 15.4 Å². The molecule has 0 aliphatic heterocycles.